The predicted octanol–water partition coefficient (Wildman–Crippen LogP) is 2.38. The van der Waals surface area contributed by atoms with E-state index in [1.165, 1.54) is 29.4 Å². The van der Waals surface area contributed by atoms with E-state index in [1.807, 2.05) is 0 Å². The number of ether oxygens (including phenoxy) is 2. The van der Waals surface area contributed by atoms with E-state index in [4.69, 9.17) is 9.47 Å². The van der Waals surface area contributed by atoms with E-state index in [1.54, 1.807) is 50.8 Å². The molecule has 4 rings (SSSR count). The number of aromatic amines is 1. The van der Waals surface area contributed by atoms with Gasteiger partial charge < -0.3 is 28.7 Å². The number of hydrogen-bond acceptors (Lipinski definition) is 7. The first-order valence-electron chi connectivity index (χ1n) is 11.4. The third-order valence-electron chi connectivity index (χ3n) is 6.47. The van der Waals surface area contributed by atoms with Crippen molar-refractivity contribution in [3.8, 4) is 11.5 Å². The molecular formula is C26H28N4O6. The van der Waals surface area contributed by atoms with Gasteiger partial charge in [0.2, 0.25) is 0 Å². The zero-order valence-electron chi connectivity index (χ0n) is 20.6. The Balaban J connectivity index is 1.90. The molecule has 0 aliphatic heterocycles. The minimum absolute atomic E-state index is 0.0272. The number of aromatic nitrogens is 4. The number of imidazole rings is 1. The average Bonchev–Trinajstić information content (AvgIpc) is 3.38. The van der Waals surface area contributed by atoms with Crippen molar-refractivity contribution < 1.29 is 19.4 Å². The molecule has 0 bridgehead atoms. The SMILES string of the molecule is COC(=O)C[C@@H](c1c(O)cc(C)n(CCc2cnc[nH]2)c1=O)c1cc2ccc(OC)cc2n(C)c1=O. The molecule has 2 N–H and O–H groups in total. The number of hydrogen-bond donors (Lipinski definition) is 2. The minimum Gasteiger partial charge on any atom is -0.507 e. The number of methoxy groups -OCH3 is 2. The molecule has 3 heterocycles. The van der Waals surface area contributed by atoms with E-state index in [-0.39, 0.29) is 23.3 Å². The van der Waals surface area contributed by atoms with Crippen LogP contribution >= 0.6 is 0 Å². The molecule has 0 saturated heterocycles. The first kappa shape index (κ1) is 24.8. The van der Waals surface area contributed by atoms with E-state index in [0.29, 0.717) is 35.3 Å². The molecule has 1 atom stereocenters. The van der Waals surface area contributed by atoms with Gasteiger partial charge in [0.05, 0.1) is 38.0 Å². The molecule has 0 spiro atoms. The number of pyridine rings is 2. The van der Waals surface area contributed by atoms with Gasteiger partial charge in [0, 0.05) is 55.1 Å². The number of aryl methyl sites for hydroxylation is 3. The van der Waals surface area contributed by atoms with Crippen LogP contribution in [0.2, 0.25) is 0 Å². The van der Waals surface area contributed by atoms with Crippen molar-refractivity contribution >= 4 is 16.9 Å². The Morgan fingerprint density at radius 1 is 1.17 bits per heavy atom. The second kappa shape index (κ2) is 10.1. The summed E-state index contributed by atoms with van der Waals surface area (Å²) in [5, 5.41) is 11.6. The smallest absolute Gasteiger partial charge is 0.306 e. The lowest BCUT2D eigenvalue weighted by molar-refractivity contribution is -0.140. The van der Waals surface area contributed by atoms with Gasteiger partial charge in [-0.2, -0.15) is 0 Å². The Bertz CT molecular complexity index is 1540. The molecular weight excluding hydrogens is 464 g/mol. The van der Waals surface area contributed by atoms with Crippen LogP contribution in [0, 0.1) is 6.92 Å². The topological polar surface area (TPSA) is 128 Å². The van der Waals surface area contributed by atoms with Crippen LogP contribution in [0.25, 0.3) is 10.9 Å². The fourth-order valence-corrected chi connectivity index (χ4v) is 4.49. The molecule has 0 saturated carbocycles. The Hall–Kier alpha value is -4.34. The molecule has 36 heavy (non-hydrogen) atoms. The fourth-order valence-electron chi connectivity index (χ4n) is 4.49. The summed E-state index contributed by atoms with van der Waals surface area (Å²) in [7, 11) is 4.39. The summed E-state index contributed by atoms with van der Waals surface area (Å²) in [6.45, 7) is 2.04. The van der Waals surface area contributed by atoms with Crippen molar-refractivity contribution in [2.45, 2.75) is 32.2 Å². The van der Waals surface area contributed by atoms with E-state index < -0.39 is 23.0 Å². The first-order chi connectivity index (χ1) is 17.2. The van der Waals surface area contributed by atoms with Crippen LogP contribution in [0.5, 0.6) is 11.5 Å². The Morgan fingerprint density at radius 3 is 2.61 bits per heavy atom. The highest BCUT2D eigenvalue weighted by Crippen LogP contribution is 2.33. The van der Waals surface area contributed by atoms with Crippen LogP contribution in [0.1, 0.15) is 34.9 Å². The highest BCUT2D eigenvalue weighted by atomic mass is 16.5. The third-order valence-corrected chi connectivity index (χ3v) is 6.47. The summed E-state index contributed by atoms with van der Waals surface area (Å²) < 4.78 is 13.1. The first-order valence-corrected chi connectivity index (χ1v) is 11.4. The van der Waals surface area contributed by atoms with Crippen LogP contribution in [0.15, 0.2) is 52.4 Å². The van der Waals surface area contributed by atoms with Gasteiger partial charge in [-0.1, -0.05) is 0 Å². The van der Waals surface area contributed by atoms with Gasteiger partial charge in [0.25, 0.3) is 11.1 Å². The Kier molecular flexibility index (Phi) is 6.96. The standard InChI is InChI=1S/C26H28N4O6/c1-15-9-22(31)24(26(34)30(15)8-7-17-13-27-14-28-17)19(12-23(32)36-4)20-10-16-5-6-18(35-3)11-21(16)29(2)25(20)33/h5-6,9-11,13-14,19,31H,7-8,12H2,1-4H3,(H,27,28)/t19-/m1/s1. The Labute approximate surface area is 206 Å². The van der Waals surface area contributed by atoms with Crippen LogP contribution < -0.4 is 15.9 Å². The number of carbonyl (C=O) groups is 1. The lowest BCUT2D eigenvalue weighted by Gasteiger charge is -2.21. The molecule has 0 aliphatic rings. The highest BCUT2D eigenvalue weighted by Gasteiger charge is 2.29. The lowest BCUT2D eigenvalue weighted by Crippen LogP contribution is -2.32. The summed E-state index contributed by atoms with van der Waals surface area (Å²) in [5.41, 5.74) is 1.34. The maximum Gasteiger partial charge on any atom is 0.306 e. The van der Waals surface area contributed by atoms with Gasteiger partial charge in [-0.05, 0) is 36.6 Å². The number of esters is 1. The summed E-state index contributed by atoms with van der Waals surface area (Å²) in [6, 6.07) is 8.42. The number of nitrogens with one attached hydrogen (secondary N) is 1. The molecule has 0 aliphatic carbocycles. The molecule has 0 amide bonds. The molecule has 4 aromatic rings. The lowest BCUT2D eigenvalue weighted by atomic mass is 9.88. The van der Waals surface area contributed by atoms with Crippen molar-refractivity contribution in [3.05, 3.63) is 86.1 Å². The minimum atomic E-state index is -1.02. The molecule has 3 aromatic heterocycles. The van der Waals surface area contributed by atoms with Gasteiger partial charge in [0.15, 0.2) is 0 Å². The third kappa shape index (κ3) is 4.61. The molecule has 0 fully saturated rings. The van der Waals surface area contributed by atoms with Crippen molar-refractivity contribution in [1.82, 2.24) is 19.1 Å². The van der Waals surface area contributed by atoms with Gasteiger partial charge in [-0.25, -0.2) is 4.98 Å². The number of fused-ring (bicyclic) bond motifs is 1. The summed E-state index contributed by atoms with van der Waals surface area (Å²) >= 11 is 0. The number of benzene rings is 1. The molecule has 10 heteroatoms. The van der Waals surface area contributed by atoms with Crippen molar-refractivity contribution in [1.29, 1.82) is 0 Å². The fraction of sp³-hybridized carbons (Fsp3) is 0.308. The molecule has 0 unspecified atom stereocenters. The molecule has 1 aromatic carbocycles. The van der Waals surface area contributed by atoms with Crippen LogP contribution in [-0.4, -0.2) is 44.4 Å². The van der Waals surface area contributed by atoms with E-state index in [9.17, 15) is 19.5 Å². The van der Waals surface area contributed by atoms with Gasteiger partial charge in [-0.3, -0.25) is 14.4 Å². The summed E-state index contributed by atoms with van der Waals surface area (Å²) in [6.07, 6.45) is 3.45. The maximum absolute atomic E-state index is 13.7. The second-order valence-corrected chi connectivity index (χ2v) is 8.59. The van der Waals surface area contributed by atoms with Gasteiger partial charge in [-0.15, -0.1) is 0 Å². The monoisotopic (exact) mass is 492 g/mol. The maximum atomic E-state index is 13.7. The van der Waals surface area contributed by atoms with E-state index in [0.717, 1.165) is 5.69 Å². The molecule has 0 radical (unpaired) electrons. The average molecular weight is 493 g/mol. The molecule has 188 valence electrons. The van der Waals surface area contributed by atoms with E-state index >= 15 is 0 Å². The zero-order chi connectivity index (χ0) is 26.0. The number of rotatable bonds is 8. The van der Waals surface area contributed by atoms with E-state index in [2.05, 4.69) is 9.97 Å². The van der Waals surface area contributed by atoms with Crippen molar-refractivity contribution in [3.63, 3.8) is 0 Å². The van der Waals surface area contributed by atoms with Gasteiger partial charge >= 0.3 is 5.97 Å². The highest BCUT2D eigenvalue weighted by molar-refractivity contribution is 5.82. The number of nitrogens with zero attached hydrogens (tertiary/aromatic N) is 3. The number of H-pyrrole nitrogens is 1. The normalized spacial score (nSPS) is 12.0. The van der Waals surface area contributed by atoms with Crippen LogP contribution in [0.3, 0.4) is 0 Å². The predicted molar refractivity (Wildman–Crippen MR) is 134 cm³/mol. The summed E-state index contributed by atoms with van der Waals surface area (Å²) in [5.74, 6) is -1.32. The van der Waals surface area contributed by atoms with Gasteiger partial charge in [0.1, 0.15) is 11.5 Å². The van der Waals surface area contributed by atoms with Crippen molar-refractivity contribution in [2.75, 3.05) is 14.2 Å². The zero-order valence-corrected chi connectivity index (χ0v) is 20.6. The second-order valence-electron chi connectivity index (χ2n) is 8.59. The largest absolute Gasteiger partial charge is 0.507 e. The van der Waals surface area contributed by atoms with Crippen LogP contribution in [0.4, 0.5) is 0 Å². The number of aromatic hydroxyl groups is 1. The quantitative estimate of drug-likeness (QED) is 0.361. The van der Waals surface area contributed by atoms with Crippen molar-refractivity contribution in [2.24, 2.45) is 7.05 Å². The molecule has 10 nitrogen and oxygen atoms in total. The number of carbonyl (C=O) groups excluding carboxylic acids is 1. The Morgan fingerprint density at radius 2 is 1.94 bits per heavy atom. The summed E-state index contributed by atoms with van der Waals surface area (Å²) in [4.78, 5) is 46.6. The van der Waals surface area contributed by atoms with Crippen LogP contribution in [-0.2, 0) is 29.5 Å².